The van der Waals surface area contributed by atoms with Crippen molar-refractivity contribution in [1.29, 1.82) is 0 Å². The van der Waals surface area contributed by atoms with Crippen LogP contribution in [0.15, 0.2) is 18.3 Å². The smallest absolute Gasteiger partial charge is 0.249 e. The van der Waals surface area contributed by atoms with Gasteiger partial charge < -0.3 is 10.3 Å². The van der Waals surface area contributed by atoms with Crippen LogP contribution in [-0.2, 0) is 0 Å². The number of carbonyl (C=O) groups excluding carboxylic acids is 1. The average Bonchev–Trinajstić information content (AvgIpc) is 2.74. The van der Waals surface area contributed by atoms with Gasteiger partial charge in [-0.25, -0.2) is 4.98 Å². The summed E-state index contributed by atoms with van der Waals surface area (Å²) in [5.74, 6) is 0.361. The number of carbonyl (C=O) groups is 1. The second kappa shape index (κ2) is 6.57. The summed E-state index contributed by atoms with van der Waals surface area (Å²) in [4.78, 5) is 15.6. The predicted molar refractivity (Wildman–Crippen MR) is 82.7 cm³/mol. The van der Waals surface area contributed by atoms with Crippen LogP contribution in [0.3, 0.4) is 0 Å². The van der Waals surface area contributed by atoms with Crippen LogP contribution < -0.4 is 5.73 Å². The maximum atomic E-state index is 11.4. The maximum absolute atomic E-state index is 11.4. The Hall–Kier alpha value is -1.81. The monoisotopic (exact) mass is 293 g/mol. The largest absolute Gasteiger partial charge is 0.366 e. The molecule has 0 saturated carbocycles. The molecule has 1 heterocycles. The van der Waals surface area contributed by atoms with E-state index in [0.717, 1.165) is 22.8 Å². The minimum absolute atomic E-state index is 0.435. The van der Waals surface area contributed by atoms with Gasteiger partial charge in [-0.2, -0.15) is 0 Å². The van der Waals surface area contributed by atoms with Gasteiger partial charge in [0.25, 0.3) is 0 Å². The van der Waals surface area contributed by atoms with E-state index in [1.807, 2.05) is 45.3 Å². The minimum atomic E-state index is -0.480. The van der Waals surface area contributed by atoms with Gasteiger partial charge in [0.2, 0.25) is 5.91 Å². The van der Waals surface area contributed by atoms with E-state index in [1.165, 1.54) is 0 Å². The summed E-state index contributed by atoms with van der Waals surface area (Å²) < 4.78 is 1.95. The lowest BCUT2D eigenvalue weighted by Gasteiger charge is -2.14. The summed E-state index contributed by atoms with van der Waals surface area (Å²) in [5, 5.41) is 0.483. The van der Waals surface area contributed by atoms with Crippen molar-refractivity contribution in [3.05, 3.63) is 46.0 Å². The van der Waals surface area contributed by atoms with Gasteiger partial charge in [0, 0.05) is 22.5 Å². The lowest BCUT2D eigenvalue weighted by atomic mass is 10.1. The number of hydrogen-bond acceptors (Lipinski definition) is 2. The number of amides is 1. The molecule has 1 amide bonds. The van der Waals surface area contributed by atoms with Crippen molar-refractivity contribution in [2.75, 3.05) is 0 Å². The molecule has 0 atom stereocenters. The first-order chi connectivity index (χ1) is 9.41. The van der Waals surface area contributed by atoms with Crippen molar-refractivity contribution >= 4 is 17.5 Å². The first kappa shape index (κ1) is 16.2. The molecular formula is C15H20ClN3O. The summed E-state index contributed by atoms with van der Waals surface area (Å²) in [6.07, 6.45) is 1.78. The summed E-state index contributed by atoms with van der Waals surface area (Å²) in [5.41, 5.74) is 8.41. The molecular weight excluding hydrogens is 274 g/mol. The molecule has 0 spiro atoms. The number of nitrogens with two attached hydrogens (primary N) is 1. The molecule has 4 nitrogen and oxygen atoms in total. The number of nitrogens with zero attached hydrogens (tertiary/aromatic N) is 2. The molecule has 0 bridgehead atoms. The van der Waals surface area contributed by atoms with Crippen LogP contribution in [0.2, 0.25) is 5.02 Å². The molecule has 0 unspecified atom stereocenters. The summed E-state index contributed by atoms with van der Waals surface area (Å²) >= 11 is 6.05. The molecule has 2 aromatic rings. The van der Waals surface area contributed by atoms with E-state index in [1.54, 1.807) is 12.3 Å². The topological polar surface area (TPSA) is 60.9 Å². The number of primary amides is 1. The van der Waals surface area contributed by atoms with Crippen molar-refractivity contribution < 1.29 is 4.79 Å². The Labute approximate surface area is 124 Å². The van der Waals surface area contributed by atoms with Crippen LogP contribution >= 0.6 is 11.6 Å². The zero-order valence-electron chi connectivity index (χ0n) is 12.5. The number of aromatic nitrogens is 2. The first-order valence-electron chi connectivity index (χ1n) is 6.53. The predicted octanol–water partition coefficient (Wildman–Crippen LogP) is 3.58. The van der Waals surface area contributed by atoms with E-state index in [2.05, 4.69) is 4.98 Å². The number of rotatable bonds is 2. The molecule has 0 aliphatic carbocycles. The second-order valence-electron chi connectivity index (χ2n) is 4.24. The standard InChI is InChI=1S/C13H14ClN3O.C2H6/c1-7-6-16-9(3)17(7)12-5-10(14)4-11(8(12)2)13(15)18;1-2/h4-6H,1-3H3,(H2,15,18);1-2H3. The number of hydrogen-bond donors (Lipinski definition) is 1. The molecule has 0 aliphatic heterocycles. The van der Waals surface area contributed by atoms with Crippen LogP contribution in [-0.4, -0.2) is 15.5 Å². The van der Waals surface area contributed by atoms with Crippen LogP contribution in [0, 0.1) is 20.8 Å². The highest BCUT2D eigenvalue weighted by molar-refractivity contribution is 6.31. The van der Waals surface area contributed by atoms with Gasteiger partial charge in [0.05, 0.1) is 5.69 Å². The van der Waals surface area contributed by atoms with Gasteiger partial charge in [-0.15, -0.1) is 0 Å². The number of benzene rings is 1. The normalized spacial score (nSPS) is 9.90. The second-order valence-corrected chi connectivity index (χ2v) is 4.68. The quantitative estimate of drug-likeness (QED) is 0.920. The highest BCUT2D eigenvalue weighted by Crippen LogP contribution is 2.25. The van der Waals surface area contributed by atoms with Crippen LogP contribution in [0.5, 0.6) is 0 Å². The zero-order valence-corrected chi connectivity index (χ0v) is 13.2. The minimum Gasteiger partial charge on any atom is -0.366 e. The van der Waals surface area contributed by atoms with E-state index in [4.69, 9.17) is 17.3 Å². The molecule has 20 heavy (non-hydrogen) atoms. The van der Waals surface area contributed by atoms with Gasteiger partial charge in [0.1, 0.15) is 5.82 Å². The highest BCUT2D eigenvalue weighted by Gasteiger charge is 2.14. The first-order valence-corrected chi connectivity index (χ1v) is 6.91. The molecule has 0 saturated heterocycles. The van der Waals surface area contributed by atoms with Gasteiger partial charge in [0.15, 0.2) is 0 Å². The fourth-order valence-corrected chi connectivity index (χ4v) is 2.29. The van der Waals surface area contributed by atoms with Gasteiger partial charge >= 0.3 is 0 Å². The Bertz CT molecular complexity index is 613. The number of aryl methyl sites for hydroxylation is 2. The molecule has 108 valence electrons. The summed E-state index contributed by atoms with van der Waals surface area (Å²) in [7, 11) is 0. The molecule has 1 aromatic carbocycles. The average molecular weight is 294 g/mol. The third kappa shape index (κ3) is 3.02. The molecule has 0 radical (unpaired) electrons. The van der Waals surface area contributed by atoms with Crippen molar-refractivity contribution in [2.24, 2.45) is 5.73 Å². The van der Waals surface area contributed by atoms with E-state index >= 15 is 0 Å². The third-order valence-electron chi connectivity index (χ3n) is 2.97. The molecule has 2 rings (SSSR count). The Balaban J connectivity index is 0.000000956. The SMILES string of the molecule is CC.Cc1c(C(N)=O)cc(Cl)cc1-n1c(C)cnc1C. The lowest BCUT2D eigenvalue weighted by Crippen LogP contribution is -2.15. The van der Waals surface area contributed by atoms with Gasteiger partial charge in [-0.3, -0.25) is 4.79 Å². The Morgan fingerprint density at radius 1 is 1.25 bits per heavy atom. The van der Waals surface area contributed by atoms with Crippen LogP contribution in [0.25, 0.3) is 5.69 Å². The van der Waals surface area contributed by atoms with E-state index in [0.29, 0.717) is 10.6 Å². The van der Waals surface area contributed by atoms with Crippen molar-refractivity contribution in [1.82, 2.24) is 9.55 Å². The van der Waals surface area contributed by atoms with Gasteiger partial charge in [-0.05, 0) is 38.5 Å². The van der Waals surface area contributed by atoms with Gasteiger partial charge in [-0.1, -0.05) is 25.4 Å². The lowest BCUT2D eigenvalue weighted by molar-refractivity contribution is 0.0999. The summed E-state index contributed by atoms with van der Waals surface area (Å²) in [6, 6.07) is 3.40. The fourth-order valence-electron chi connectivity index (χ4n) is 2.07. The molecule has 2 N–H and O–H groups in total. The zero-order chi connectivity index (χ0) is 15.4. The van der Waals surface area contributed by atoms with E-state index in [-0.39, 0.29) is 0 Å². The number of imidazole rings is 1. The Kier molecular flexibility index (Phi) is 5.34. The van der Waals surface area contributed by atoms with Crippen LogP contribution in [0.4, 0.5) is 0 Å². The van der Waals surface area contributed by atoms with E-state index < -0.39 is 5.91 Å². The molecule has 0 aliphatic rings. The highest BCUT2D eigenvalue weighted by atomic mass is 35.5. The fraction of sp³-hybridized carbons (Fsp3) is 0.333. The number of halogens is 1. The summed E-state index contributed by atoms with van der Waals surface area (Å²) in [6.45, 7) is 9.70. The third-order valence-corrected chi connectivity index (χ3v) is 3.18. The van der Waals surface area contributed by atoms with E-state index in [9.17, 15) is 4.79 Å². The Morgan fingerprint density at radius 2 is 1.85 bits per heavy atom. The van der Waals surface area contributed by atoms with Crippen molar-refractivity contribution in [3.8, 4) is 5.69 Å². The molecule has 1 aromatic heterocycles. The Morgan fingerprint density at radius 3 is 2.30 bits per heavy atom. The molecule has 5 heteroatoms. The van der Waals surface area contributed by atoms with Crippen LogP contribution in [0.1, 0.15) is 41.3 Å². The van der Waals surface area contributed by atoms with Crippen molar-refractivity contribution in [3.63, 3.8) is 0 Å². The molecule has 0 fully saturated rings. The maximum Gasteiger partial charge on any atom is 0.249 e. The van der Waals surface area contributed by atoms with Crippen molar-refractivity contribution in [2.45, 2.75) is 34.6 Å².